The minimum Gasteiger partial charge on any atom is -0.481 e. The van der Waals surface area contributed by atoms with Crippen molar-refractivity contribution in [3.05, 3.63) is 35.4 Å². The zero-order chi connectivity index (χ0) is 14.4. The number of hydrogen-bond donors (Lipinski definition) is 2. The number of carboxylic acid groups (broad SMARTS) is 1. The van der Waals surface area contributed by atoms with Gasteiger partial charge in [0.1, 0.15) is 0 Å². The molecular weight excluding hydrogens is 254 g/mol. The van der Waals surface area contributed by atoms with Crippen molar-refractivity contribution in [2.24, 2.45) is 0 Å². The number of carbonyl (C=O) groups is 2. The van der Waals surface area contributed by atoms with Crippen LogP contribution in [0.25, 0.3) is 0 Å². The van der Waals surface area contributed by atoms with Crippen LogP contribution in [0.1, 0.15) is 60.4 Å². The molecular formula is C16H21NO3. The molecule has 1 aromatic rings. The van der Waals surface area contributed by atoms with Gasteiger partial charge in [0.15, 0.2) is 0 Å². The molecule has 1 aliphatic carbocycles. The van der Waals surface area contributed by atoms with Gasteiger partial charge in [-0.25, -0.2) is 0 Å². The first-order chi connectivity index (χ1) is 9.66. The van der Waals surface area contributed by atoms with Crippen LogP contribution >= 0.6 is 0 Å². The zero-order valence-corrected chi connectivity index (χ0v) is 11.6. The normalized spacial score (nSPS) is 15.8. The quantitative estimate of drug-likeness (QED) is 0.868. The Balaban J connectivity index is 1.90. The molecule has 2 rings (SSSR count). The monoisotopic (exact) mass is 275 g/mol. The number of amides is 1. The third kappa shape index (κ3) is 4.08. The first kappa shape index (κ1) is 14.6. The fraction of sp³-hybridized carbons (Fsp3) is 0.500. The SMILES string of the molecule is O=C(O)CCNC(=O)c1ccc(C2CCCCC2)cc1. The second-order valence-electron chi connectivity index (χ2n) is 5.36. The van der Waals surface area contributed by atoms with Crippen molar-refractivity contribution in [2.75, 3.05) is 6.54 Å². The van der Waals surface area contributed by atoms with Crippen molar-refractivity contribution < 1.29 is 14.7 Å². The van der Waals surface area contributed by atoms with E-state index in [1.165, 1.54) is 37.7 Å². The minimum atomic E-state index is -0.905. The van der Waals surface area contributed by atoms with Crippen LogP contribution in [0.4, 0.5) is 0 Å². The molecule has 1 amide bonds. The van der Waals surface area contributed by atoms with E-state index in [0.717, 1.165) is 0 Å². The predicted molar refractivity (Wildman–Crippen MR) is 76.9 cm³/mol. The lowest BCUT2D eigenvalue weighted by atomic mass is 9.84. The van der Waals surface area contributed by atoms with Gasteiger partial charge in [-0.2, -0.15) is 0 Å². The molecule has 108 valence electrons. The summed E-state index contributed by atoms with van der Waals surface area (Å²) >= 11 is 0. The Hall–Kier alpha value is -1.84. The van der Waals surface area contributed by atoms with Gasteiger partial charge in [0.2, 0.25) is 0 Å². The van der Waals surface area contributed by atoms with Gasteiger partial charge in [-0.1, -0.05) is 31.4 Å². The van der Waals surface area contributed by atoms with E-state index in [0.29, 0.717) is 11.5 Å². The van der Waals surface area contributed by atoms with Crippen molar-refractivity contribution >= 4 is 11.9 Å². The van der Waals surface area contributed by atoms with Gasteiger partial charge >= 0.3 is 5.97 Å². The van der Waals surface area contributed by atoms with Gasteiger partial charge in [0.05, 0.1) is 6.42 Å². The molecule has 0 aliphatic heterocycles. The number of benzene rings is 1. The van der Waals surface area contributed by atoms with Gasteiger partial charge in [0, 0.05) is 12.1 Å². The number of aliphatic carboxylic acids is 1. The van der Waals surface area contributed by atoms with Crippen LogP contribution in [-0.4, -0.2) is 23.5 Å². The van der Waals surface area contributed by atoms with Crippen molar-refractivity contribution in [1.29, 1.82) is 0 Å². The van der Waals surface area contributed by atoms with E-state index >= 15 is 0 Å². The lowest BCUT2D eigenvalue weighted by Gasteiger charge is -2.22. The predicted octanol–water partition coefficient (Wildman–Crippen LogP) is 2.94. The number of carboxylic acids is 1. The van der Waals surface area contributed by atoms with Crippen LogP contribution in [0.3, 0.4) is 0 Å². The first-order valence-corrected chi connectivity index (χ1v) is 7.27. The molecule has 0 saturated heterocycles. The fourth-order valence-electron chi connectivity index (χ4n) is 2.73. The molecule has 0 heterocycles. The highest BCUT2D eigenvalue weighted by molar-refractivity contribution is 5.94. The summed E-state index contributed by atoms with van der Waals surface area (Å²) in [5.41, 5.74) is 1.90. The summed E-state index contributed by atoms with van der Waals surface area (Å²) in [5.74, 6) is -0.479. The van der Waals surface area contributed by atoms with Crippen LogP contribution < -0.4 is 5.32 Å². The average Bonchev–Trinajstić information content (AvgIpc) is 2.48. The number of rotatable bonds is 5. The molecule has 1 saturated carbocycles. The van der Waals surface area contributed by atoms with Crippen molar-refractivity contribution in [3.8, 4) is 0 Å². The summed E-state index contributed by atoms with van der Waals surface area (Å²) in [6, 6.07) is 7.73. The Bertz CT molecular complexity index is 461. The lowest BCUT2D eigenvalue weighted by molar-refractivity contribution is -0.136. The maximum absolute atomic E-state index is 11.8. The van der Waals surface area contributed by atoms with Crippen molar-refractivity contribution in [1.82, 2.24) is 5.32 Å². The van der Waals surface area contributed by atoms with Gasteiger partial charge in [-0.3, -0.25) is 9.59 Å². The molecule has 0 bridgehead atoms. The minimum absolute atomic E-state index is 0.0497. The Morgan fingerprint density at radius 3 is 2.35 bits per heavy atom. The maximum atomic E-state index is 11.8. The Morgan fingerprint density at radius 1 is 1.10 bits per heavy atom. The summed E-state index contributed by atoms with van der Waals surface area (Å²) in [4.78, 5) is 22.2. The largest absolute Gasteiger partial charge is 0.481 e. The van der Waals surface area contributed by atoms with Crippen LogP contribution in [0, 0.1) is 0 Å². The van der Waals surface area contributed by atoms with Crippen molar-refractivity contribution in [3.63, 3.8) is 0 Å². The van der Waals surface area contributed by atoms with E-state index in [-0.39, 0.29) is 18.9 Å². The van der Waals surface area contributed by atoms with E-state index in [1.807, 2.05) is 24.3 Å². The molecule has 0 atom stereocenters. The third-order valence-corrected chi connectivity index (χ3v) is 3.87. The zero-order valence-electron chi connectivity index (χ0n) is 11.6. The molecule has 20 heavy (non-hydrogen) atoms. The topological polar surface area (TPSA) is 66.4 Å². The second kappa shape index (κ2) is 7.08. The Kier molecular flexibility index (Phi) is 5.16. The number of nitrogens with one attached hydrogen (secondary N) is 1. The van der Waals surface area contributed by atoms with Gasteiger partial charge in [-0.15, -0.1) is 0 Å². The third-order valence-electron chi connectivity index (χ3n) is 3.87. The fourth-order valence-corrected chi connectivity index (χ4v) is 2.73. The summed E-state index contributed by atoms with van der Waals surface area (Å²) in [6.07, 6.45) is 6.35. The molecule has 2 N–H and O–H groups in total. The van der Waals surface area contributed by atoms with Gasteiger partial charge in [0.25, 0.3) is 5.91 Å². The molecule has 1 aliphatic rings. The van der Waals surface area contributed by atoms with E-state index in [4.69, 9.17) is 5.11 Å². The van der Waals surface area contributed by atoms with E-state index in [9.17, 15) is 9.59 Å². The number of hydrogen-bond acceptors (Lipinski definition) is 2. The lowest BCUT2D eigenvalue weighted by Crippen LogP contribution is -2.25. The second-order valence-corrected chi connectivity index (χ2v) is 5.36. The van der Waals surface area contributed by atoms with Crippen LogP contribution in [0.5, 0.6) is 0 Å². The summed E-state index contributed by atoms with van der Waals surface area (Å²) in [7, 11) is 0. The Morgan fingerprint density at radius 2 is 1.75 bits per heavy atom. The maximum Gasteiger partial charge on any atom is 0.305 e. The standard InChI is InChI=1S/C16H21NO3/c18-15(19)10-11-17-16(20)14-8-6-13(7-9-14)12-4-2-1-3-5-12/h6-9,12H,1-5,10-11H2,(H,17,20)(H,18,19). The summed E-state index contributed by atoms with van der Waals surface area (Å²) in [5, 5.41) is 11.1. The van der Waals surface area contributed by atoms with Crippen LogP contribution in [0.2, 0.25) is 0 Å². The van der Waals surface area contributed by atoms with Gasteiger partial charge < -0.3 is 10.4 Å². The molecule has 1 fully saturated rings. The molecule has 0 radical (unpaired) electrons. The van der Waals surface area contributed by atoms with E-state index in [2.05, 4.69) is 5.32 Å². The van der Waals surface area contributed by atoms with Crippen LogP contribution in [0.15, 0.2) is 24.3 Å². The molecule has 4 nitrogen and oxygen atoms in total. The molecule has 0 aromatic heterocycles. The smallest absolute Gasteiger partial charge is 0.305 e. The molecule has 0 unspecified atom stereocenters. The molecule has 0 spiro atoms. The van der Waals surface area contributed by atoms with E-state index < -0.39 is 5.97 Å². The van der Waals surface area contributed by atoms with Crippen molar-refractivity contribution in [2.45, 2.75) is 44.4 Å². The van der Waals surface area contributed by atoms with E-state index in [1.54, 1.807) is 0 Å². The highest BCUT2D eigenvalue weighted by Crippen LogP contribution is 2.32. The summed E-state index contributed by atoms with van der Waals surface area (Å²) in [6.45, 7) is 0.165. The Labute approximate surface area is 119 Å². The average molecular weight is 275 g/mol. The highest BCUT2D eigenvalue weighted by atomic mass is 16.4. The van der Waals surface area contributed by atoms with Crippen LogP contribution in [-0.2, 0) is 4.79 Å². The molecule has 4 heteroatoms. The first-order valence-electron chi connectivity index (χ1n) is 7.27. The van der Waals surface area contributed by atoms with Gasteiger partial charge in [-0.05, 0) is 36.5 Å². The number of carbonyl (C=O) groups excluding carboxylic acids is 1. The summed E-state index contributed by atoms with van der Waals surface area (Å²) < 4.78 is 0. The molecule has 1 aromatic carbocycles. The highest BCUT2D eigenvalue weighted by Gasteiger charge is 2.15.